The molecule has 204 valence electrons. The quantitative estimate of drug-likeness (QED) is 0.117. The van der Waals surface area contributed by atoms with Crippen LogP contribution in [0, 0.1) is 0 Å². The predicted octanol–water partition coefficient (Wildman–Crippen LogP) is 3.88. The Balaban J connectivity index is 5.05. The summed E-state index contributed by atoms with van der Waals surface area (Å²) in [4.78, 5) is 23.9. The standard InChI is InChI=1S/C24H46O9Si2/c1-17(2)23(27)31-21(29-15-19(5)25)11-13-34(7,8)33-35(9,10)14-12-22(30-16-20(6)26)32-24(28)18(3)4/h19-22,25-26H,1,3,11-16H2,2,4-10H3. The molecular weight excluding hydrogens is 488 g/mol. The molecule has 0 aliphatic carbocycles. The first kappa shape index (κ1) is 33.7. The summed E-state index contributed by atoms with van der Waals surface area (Å²) >= 11 is 0. The molecule has 0 aliphatic heterocycles. The molecule has 0 saturated heterocycles. The van der Waals surface area contributed by atoms with E-state index in [4.69, 9.17) is 23.1 Å². The number of carbonyl (C=O) groups excluding carboxylic acids is 2. The molecule has 0 aromatic carbocycles. The van der Waals surface area contributed by atoms with E-state index in [-0.39, 0.29) is 24.4 Å². The largest absolute Gasteiger partial charge is 0.455 e. The van der Waals surface area contributed by atoms with Crippen molar-refractivity contribution in [1.29, 1.82) is 0 Å². The van der Waals surface area contributed by atoms with Gasteiger partial charge in [-0.05, 0) is 66.0 Å². The summed E-state index contributed by atoms with van der Waals surface area (Å²) in [5.74, 6) is -1.08. The number of aliphatic hydroxyl groups is 2. The molecule has 0 aromatic rings. The van der Waals surface area contributed by atoms with Crippen molar-refractivity contribution in [3.63, 3.8) is 0 Å². The Morgan fingerprint density at radius 3 is 1.31 bits per heavy atom. The second-order valence-corrected chi connectivity index (χ2v) is 19.1. The smallest absolute Gasteiger partial charge is 0.335 e. The molecule has 4 atom stereocenters. The van der Waals surface area contributed by atoms with Gasteiger partial charge in [-0.1, -0.05) is 13.2 Å². The van der Waals surface area contributed by atoms with E-state index in [0.717, 1.165) is 0 Å². The summed E-state index contributed by atoms with van der Waals surface area (Å²) in [6.45, 7) is 22.0. The van der Waals surface area contributed by atoms with Gasteiger partial charge in [0.2, 0.25) is 12.6 Å². The summed E-state index contributed by atoms with van der Waals surface area (Å²) in [5, 5.41) is 19.1. The molecule has 0 radical (unpaired) electrons. The van der Waals surface area contributed by atoms with E-state index >= 15 is 0 Å². The van der Waals surface area contributed by atoms with Crippen LogP contribution in [0.15, 0.2) is 24.3 Å². The fraction of sp³-hybridized carbons (Fsp3) is 0.750. The van der Waals surface area contributed by atoms with Gasteiger partial charge in [0.15, 0.2) is 16.6 Å². The van der Waals surface area contributed by atoms with Crippen molar-refractivity contribution in [2.24, 2.45) is 0 Å². The highest BCUT2D eigenvalue weighted by atomic mass is 28.4. The van der Waals surface area contributed by atoms with Gasteiger partial charge in [0.25, 0.3) is 0 Å². The minimum Gasteiger partial charge on any atom is -0.455 e. The van der Waals surface area contributed by atoms with Gasteiger partial charge < -0.3 is 33.3 Å². The van der Waals surface area contributed by atoms with Crippen LogP contribution in [0.2, 0.25) is 38.3 Å². The Kier molecular flexibility index (Phi) is 15.1. The molecule has 11 heteroatoms. The zero-order valence-corrected chi connectivity index (χ0v) is 24.7. The number of hydrogen-bond acceptors (Lipinski definition) is 9. The monoisotopic (exact) mass is 534 g/mol. The molecule has 0 spiro atoms. The van der Waals surface area contributed by atoms with Gasteiger partial charge in [-0.2, -0.15) is 0 Å². The van der Waals surface area contributed by atoms with Crippen molar-refractivity contribution in [2.75, 3.05) is 13.2 Å². The molecule has 0 aliphatic rings. The lowest BCUT2D eigenvalue weighted by Crippen LogP contribution is -2.45. The third-order valence-corrected chi connectivity index (χ3v) is 12.1. The van der Waals surface area contributed by atoms with Crippen LogP contribution in [0.25, 0.3) is 0 Å². The van der Waals surface area contributed by atoms with Crippen molar-refractivity contribution in [1.82, 2.24) is 0 Å². The molecule has 4 unspecified atom stereocenters. The van der Waals surface area contributed by atoms with Crippen LogP contribution >= 0.6 is 0 Å². The van der Waals surface area contributed by atoms with Gasteiger partial charge in [-0.15, -0.1) is 0 Å². The maximum absolute atomic E-state index is 12.0. The van der Waals surface area contributed by atoms with Crippen molar-refractivity contribution in [2.45, 2.75) is 104 Å². The Morgan fingerprint density at radius 1 is 0.743 bits per heavy atom. The van der Waals surface area contributed by atoms with Gasteiger partial charge in [0.05, 0.1) is 25.4 Å². The van der Waals surface area contributed by atoms with Gasteiger partial charge in [0.1, 0.15) is 0 Å². The molecule has 0 fully saturated rings. The Hall–Kier alpha value is -1.35. The number of carbonyl (C=O) groups is 2. The minimum absolute atomic E-state index is 0.0496. The number of ether oxygens (including phenoxy) is 4. The second kappa shape index (κ2) is 15.7. The molecule has 0 heterocycles. The van der Waals surface area contributed by atoms with Gasteiger partial charge >= 0.3 is 11.9 Å². The van der Waals surface area contributed by atoms with Crippen LogP contribution in [0.4, 0.5) is 0 Å². The van der Waals surface area contributed by atoms with E-state index in [1.807, 2.05) is 0 Å². The first-order valence-electron chi connectivity index (χ1n) is 12.0. The molecule has 0 saturated carbocycles. The fourth-order valence-electron chi connectivity index (χ4n) is 3.07. The Morgan fingerprint density at radius 2 is 1.06 bits per heavy atom. The van der Waals surface area contributed by atoms with Crippen LogP contribution in [0.3, 0.4) is 0 Å². The van der Waals surface area contributed by atoms with Crippen molar-refractivity contribution < 1.29 is 42.9 Å². The highest BCUT2D eigenvalue weighted by molar-refractivity contribution is 6.84. The van der Waals surface area contributed by atoms with Crippen molar-refractivity contribution in [3.05, 3.63) is 24.3 Å². The topological polar surface area (TPSA) is 121 Å². The van der Waals surface area contributed by atoms with Crippen LogP contribution in [-0.2, 0) is 32.7 Å². The lowest BCUT2D eigenvalue weighted by Gasteiger charge is -2.35. The number of aliphatic hydroxyl groups excluding tert-OH is 2. The van der Waals surface area contributed by atoms with E-state index in [9.17, 15) is 19.8 Å². The van der Waals surface area contributed by atoms with E-state index in [1.54, 1.807) is 27.7 Å². The molecule has 35 heavy (non-hydrogen) atoms. The molecule has 0 rings (SSSR count). The second-order valence-electron chi connectivity index (χ2n) is 10.3. The summed E-state index contributed by atoms with van der Waals surface area (Å²) in [7, 11) is -4.38. The van der Waals surface area contributed by atoms with Gasteiger partial charge in [-0.3, -0.25) is 0 Å². The van der Waals surface area contributed by atoms with Gasteiger partial charge in [0, 0.05) is 24.0 Å². The zero-order chi connectivity index (χ0) is 27.4. The molecule has 0 bridgehead atoms. The molecule has 9 nitrogen and oxygen atoms in total. The predicted molar refractivity (Wildman–Crippen MR) is 140 cm³/mol. The van der Waals surface area contributed by atoms with Crippen LogP contribution in [0.1, 0.15) is 40.5 Å². The third kappa shape index (κ3) is 16.9. The van der Waals surface area contributed by atoms with Crippen LogP contribution < -0.4 is 0 Å². The SMILES string of the molecule is C=C(C)C(=O)OC(CC[Si](C)(C)O[Si](C)(C)CCC(OCC(C)O)OC(=O)C(=C)C)OCC(C)O. The summed E-state index contributed by atoms with van der Waals surface area (Å²) in [6.07, 6.45) is -2.09. The summed E-state index contributed by atoms with van der Waals surface area (Å²) < 4.78 is 28.6. The van der Waals surface area contributed by atoms with E-state index in [0.29, 0.717) is 24.9 Å². The van der Waals surface area contributed by atoms with Crippen molar-refractivity contribution in [3.8, 4) is 0 Å². The minimum atomic E-state index is -2.19. The van der Waals surface area contributed by atoms with E-state index in [1.165, 1.54) is 0 Å². The number of rotatable bonds is 18. The number of hydrogen-bond donors (Lipinski definition) is 2. The molecular formula is C24H46O9Si2. The fourth-order valence-corrected chi connectivity index (χ4v) is 11.7. The van der Waals surface area contributed by atoms with E-state index < -0.39 is 53.4 Å². The van der Waals surface area contributed by atoms with Crippen molar-refractivity contribution >= 4 is 28.6 Å². The highest BCUT2D eigenvalue weighted by Crippen LogP contribution is 2.26. The normalized spacial score (nSPS) is 15.6. The summed E-state index contributed by atoms with van der Waals surface area (Å²) in [6, 6.07) is 1.34. The zero-order valence-electron chi connectivity index (χ0n) is 22.7. The van der Waals surface area contributed by atoms with Crippen LogP contribution in [-0.4, -0.2) is 76.8 Å². The Bertz CT molecular complexity index is 647. The average molecular weight is 535 g/mol. The maximum atomic E-state index is 12.0. The lowest BCUT2D eigenvalue weighted by atomic mass is 10.3. The van der Waals surface area contributed by atoms with Gasteiger partial charge in [-0.25, -0.2) is 9.59 Å². The van der Waals surface area contributed by atoms with E-state index in [2.05, 4.69) is 39.3 Å². The van der Waals surface area contributed by atoms with Crippen LogP contribution in [0.5, 0.6) is 0 Å². The lowest BCUT2D eigenvalue weighted by molar-refractivity contribution is -0.180. The molecule has 0 aromatic heterocycles. The Labute approximate surface area is 212 Å². The summed E-state index contributed by atoms with van der Waals surface area (Å²) in [5.41, 5.74) is 0.549. The highest BCUT2D eigenvalue weighted by Gasteiger charge is 2.35. The first-order valence-corrected chi connectivity index (χ1v) is 18.2. The maximum Gasteiger partial charge on any atom is 0.335 e. The first-order chi connectivity index (χ1) is 15.9. The molecule has 0 amide bonds. The number of esters is 2. The molecule has 2 N–H and O–H groups in total. The third-order valence-electron chi connectivity index (χ3n) is 4.74. The average Bonchev–Trinajstić information content (AvgIpc) is 2.70.